The first kappa shape index (κ1) is 9.48. The average molecular weight is 231 g/mol. The van der Waals surface area contributed by atoms with E-state index in [0.29, 0.717) is 0 Å². The van der Waals surface area contributed by atoms with Crippen LogP contribution in [0.25, 0.3) is 10.9 Å². The van der Waals surface area contributed by atoms with Crippen molar-refractivity contribution in [3.63, 3.8) is 0 Å². The summed E-state index contributed by atoms with van der Waals surface area (Å²) in [6, 6.07) is 4.65. The molecule has 4 nitrogen and oxygen atoms in total. The molecule has 0 bridgehead atoms. The Balaban J connectivity index is 2.76. The molecule has 74 valence electrons. The summed E-state index contributed by atoms with van der Waals surface area (Å²) >= 11 is 0. The van der Waals surface area contributed by atoms with Gasteiger partial charge in [0.25, 0.3) is 9.05 Å². The van der Waals surface area contributed by atoms with E-state index in [0.717, 1.165) is 10.9 Å². The lowest BCUT2D eigenvalue weighted by atomic mass is 10.3. The quantitative estimate of drug-likeness (QED) is 0.698. The summed E-state index contributed by atoms with van der Waals surface area (Å²) in [6.07, 6.45) is 1.60. The van der Waals surface area contributed by atoms with Gasteiger partial charge in [-0.1, -0.05) is 0 Å². The van der Waals surface area contributed by atoms with Crippen LogP contribution in [0.15, 0.2) is 29.3 Å². The molecule has 0 atom stereocenters. The highest BCUT2D eigenvalue weighted by molar-refractivity contribution is 8.13. The Hall–Kier alpha value is -1.07. The molecule has 0 unspecified atom stereocenters. The molecule has 0 aliphatic rings. The zero-order chi connectivity index (χ0) is 10.3. The molecule has 0 spiro atoms. The number of fused-ring (bicyclic) bond motifs is 1. The number of hydrogen-bond donors (Lipinski definition) is 0. The van der Waals surface area contributed by atoms with E-state index in [1.807, 2.05) is 0 Å². The van der Waals surface area contributed by atoms with Gasteiger partial charge in [0.1, 0.15) is 0 Å². The van der Waals surface area contributed by atoms with Crippen LogP contribution in [0.4, 0.5) is 0 Å². The second kappa shape index (κ2) is 2.96. The number of benzene rings is 1. The molecule has 2 rings (SSSR count). The molecule has 1 aromatic carbocycles. The monoisotopic (exact) mass is 230 g/mol. The van der Waals surface area contributed by atoms with Crippen molar-refractivity contribution in [3.8, 4) is 0 Å². The van der Waals surface area contributed by atoms with Gasteiger partial charge in [0.15, 0.2) is 0 Å². The Morgan fingerprint density at radius 1 is 1.43 bits per heavy atom. The van der Waals surface area contributed by atoms with Crippen molar-refractivity contribution in [1.82, 2.24) is 9.78 Å². The van der Waals surface area contributed by atoms with Crippen molar-refractivity contribution in [2.24, 2.45) is 7.05 Å². The highest BCUT2D eigenvalue weighted by Gasteiger charge is 2.11. The van der Waals surface area contributed by atoms with Crippen LogP contribution in [0.1, 0.15) is 0 Å². The Morgan fingerprint density at radius 3 is 2.79 bits per heavy atom. The maximum absolute atomic E-state index is 11.0. The van der Waals surface area contributed by atoms with Gasteiger partial charge in [-0.3, -0.25) is 4.68 Å². The van der Waals surface area contributed by atoms with Gasteiger partial charge < -0.3 is 0 Å². The molecule has 0 saturated heterocycles. The molecule has 0 radical (unpaired) electrons. The van der Waals surface area contributed by atoms with Gasteiger partial charge in [-0.2, -0.15) is 5.10 Å². The molecule has 6 heteroatoms. The number of halogens is 1. The smallest absolute Gasteiger partial charge is 0.261 e. The first-order valence-corrected chi connectivity index (χ1v) is 6.16. The van der Waals surface area contributed by atoms with E-state index >= 15 is 0 Å². The fourth-order valence-corrected chi connectivity index (χ4v) is 2.08. The van der Waals surface area contributed by atoms with Crippen LogP contribution in [0.5, 0.6) is 0 Å². The molecule has 14 heavy (non-hydrogen) atoms. The van der Waals surface area contributed by atoms with E-state index in [1.54, 1.807) is 24.0 Å². The van der Waals surface area contributed by atoms with Crippen LogP contribution in [-0.2, 0) is 16.1 Å². The fraction of sp³-hybridized carbons (Fsp3) is 0.125. The summed E-state index contributed by atoms with van der Waals surface area (Å²) in [5.74, 6) is 0. The molecule has 0 aliphatic heterocycles. The highest BCUT2D eigenvalue weighted by Crippen LogP contribution is 2.20. The minimum atomic E-state index is -3.65. The van der Waals surface area contributed by atoms with Crippen LogP contribution in [0.3, 0.4) is 0 Å². The predicted octanol–water partition coefficient (Wildman–Crippen LogP) is 1.50. The maximum Gasteiger partial charge on any atom is 0.261 e. The number of rotatable bonds is 1. The number of aromatic nitrogens is 2. The molecule has 2 aromatic rings. The number of aryl methyl sites for hydroxylation is 1. The Bertz CT molecular complexity index is 588. The molecular weight excluding hydrogens is 224 g/mol. The number of hydrogen-bond acceptors (Lipinski definition) is 3. The van der Waals surface area contributed by atoms with E-state index in [4.69, 9.17) is 10.7 Å². The molecular formula is C8H7ClN2O2S. The van der Waals surface area contributed by atoms with E-state index in [1.165, 1.54) is 12.1 Å². The lowest BCUT2D eigenvalue weighted by Gasteiger charge is -1.96. The Kier molecular flexibility index (Phi) is 2.01. The first-order chi connectivity index (χ1) is 6.48. The molecule has 0 fully saturated rings. The maximum atomic E-state index is 11.0. The van der Waals surface area contributed by atoms with Gasteiger partial charge >= 0.3 is 0 Å². The lowest BCUT2D eigenvalue weighted by molar-refractivity contribution is 0.609. The van der Waals surface area contributed by atoms with E-state index in [2.05, 4.69) is 5.10 Å². The van der Waals surface area contributed by atoms with Crippen molar-refractivity contribution >= 4 is 30.6 Å². The predicted molar refractivity (Wildman–Crippen MR) is 53.8 cm³/mol. The summed E-state index contributed by atoms with van der Waals surface area (Å²) in [6.45, 7) is 0. The molecule has 0 aliphatic carbocycles. The second-order valence-corrected chi connectivity index (χ2v) is 5.49. The summed E-state index contributed by atoms with van der Waals surface area (Å²) in [4.78, 5) is 0.0969. The normalized spacial score (nSPS) is 12.1. The SMILES string of the molecule is Cn1ncc2cc(S(=O)(=O)Cl)ccc21. The Labute approximate surface area is 85.5 Å². The molecule has 1 heterocycles. The molecule has 0 N–H and O–H groups in total. The van der Waals surface area contributed by atoms with Crippen molar-refractivity contribution in [3.05, 3.63) is 24.4 Å². The third kappa shape index (κ3) is 1.49. The van der Waals surface area contributed by atoms with Crippen LogP contribution in [-0.4, -0.2) is 18.2 Å². The standard InChI is InChI=1S/C8H7ClN2O2S/c1-11-8-3-2-7(14(9,12)13)4-6(8)5-10-11/h2-5H,1H3. The third-order valence-corrected chi connectivity index (χ3v) is 3.35. The minimum absolute atomic E-state index is 0.0969. The first-order valence-electron chi connectivity index (χ1n) is 3.85. The van der Waals surface area contributed by atoms with Crippen LogP contribution < -0.4 is 0 Å². The second-order valence-electron chi connectivity index (χ2n) is 2.93. The van der Waals surface area contributed by atoms with E-state index in [9.17, 15) is 8.42 Å². The van der Waals surface area contributed by atoms with Gasteiger partial charge in [0, 0.05) is 23.1 Å². The Morgan fingerprint density at radius 2 is 2.14 bits per heavy atom. The van der Waals surface area contributed by atoms with Crippen molar-refractivity contribution < 1.29 is 8.42 Å². The van der Waals surface area contributed by atoms with Crippen molar-refractivity contribution in [2.45, 2.75) is 4.90 Å². The molecule has 0 amide bonds. The molecule has 1 aromatic heterocycles. The largest absolute Gasteiger partial charge is 0.268 e. The zero-order valence-electron chi connectivity index (χ0n) is 7.31. The topological polar surface area (TPSA) is 52.0 Å². The van der Waals surface area contributed by atoms with Gasteiger partial charge in [-0.15, -0.1) is 0 Å². The lowest BCUT2D eigenvalue weighted by Crippen LogP contribution is -1.91. The summed E-state index contributed by atoms with van der Waals surface area (Å²) in [5.41, 5.74) is 0.870. The van der Waals surface area contributed by atoms with Gasteiger partial charge in [-0.25, -0.2) is 8.42 Å². The van der Waals surface area contributed by atoms with Gasteiger partial charge in [0.2, 0.25) is 0 Å². The molecule has 0 saturated carbocycles. The van der Waals surface area contributed by atoms with Crippen LogP contribution in [0, 0.1) is 0 Å². The van der Waals surface area contributed by atoms with Gasteiger partial charge in [-0.05, 0) is 18.2 Å². The van der Waals surface area contributed by atoms with Crippen LogP contribution in [0.2, 0.25) is 0 Å². The minimum Gasteiger partial charge on any atom is -0.268 e. The van der Waals surface area contributed by atoms with Crippen molar-refractivity contribution in [2.75, 3.05) is 0 Å². The summed E-state index contributed by atoms with van der Waals surface area (Å²) < 4.78 is 23.7. The summed E-state index contributed by atoms with van der Waals surface area (Å²) in [7, 11) is 3.35. The fourth-order valence-electron chi connectivity index (χ4n) is 1.29. The highest BCUT2D eigenvalue weighted by atomic mass is 35.7. The third-order valence-electron chi connectivity index (χ3n) is 2.00. The number of nitrogens with zero attached hydrogens (tertiary/aromatic N) is 2. The van der Waals surface area contributed by atoms with E-state index in [-0.39, 0.29) is 4.90 Å². The average Bonchev–Trinajstić information content (AvgIpc) is 2.46. The van der Waals surface area contributed by atoms with Gasteiger partial charge in [0.05, 0.1) is 16.6 Å². The zero-order valence-corrected chi connectivity index (χ0v) is 8.88. The van der Waals surface area contributed by atoms with Crippen LogP contribution >= 0.6 is 10.7 Å². The van der Waals surface area contributed by atoms with Crippen molar-refractivity contribution in [1.29, 1.82) is 0 Å². The summed E-state index contributed by atoms with van der Waals surface area (Å²) in [5, 5.41) is 4.76. The van der Waals surface area contributed by atoms with E-state index < -0.39 is 9.05 Å².